The Morgan fingerprint density at radius 1 is 0.851 bits per heavy atom. The van der Waals surface area contributed by atoms with Crippen LogP contribution in [0.15, 0.2) is 120 Å². The van der Waals surface area contributed by atoms with Crippen LogP contribution in [0.4, 0.5) is 9.18 Å². The zero-order chi connectivity index (χ0) is 32.5. The number of alkyl carbamates (subject to hydrolysis) is 1. The lowest BCUT2D eigenvalue weighted by Gasteiger charge is -2.27. The van der Waals surface area contributed by atoms with Crippen molar-refractivity contribution in [1.29, 1.82) is 0 Å². The van der Waals surface area contributed by atoms with Gasteiger partial charge in [0.2, 0.25) is 0 Å². The van der Waals surface area contributed by atoms with E-state index >= 15 is 0 Å². The number of ether oxygens (including phenoxy) is 1. The van der Waals surface area contributed by atoms with E-state index in [9.17, 15) is 14.0 Å². The fourth-order valence-corrected chi connectivity index (χ4v) is 7.97. The molecule has 5 aromatic carbocycles. The largest absolute Gasteiger partial charge is 0.448 e. The molecule has 0 spiro atoms. The highest BCUT2D eigenvalue weighted by Crippen LogP contribution is 2.45. The molecule has 0 radical (unpaired) electrons. The average molecular weight is 682 g/mol. The number of amidine groups is 1. The number of nitrogens with one attached hydrogen (secondary N) is 1. The Labute approximate surface area is 285 Å². The Morgan fingerprint density at radius 3 is 2.23 bits per heavy atom. The molecule has 2 aliphatic rings. The van der Waals surface area contributed by atoms with Crippen molar-refractivity contribution in [2.45, 2.75) is 17.9 Å². The number of aliphatic imine (C=N–C) groups is 1. The number of thioether (sulfide) groups is 1. The number of carbonyl (C=O) groups excluding carboxylic acids is 2. The topological polar surface area (TPSA) is 67.8 Å². The van der Waals surface area contributed by atoms with E-state index in [1.54, 1.807) is 24.3 Å². The van der Waals surface area contributed by atoms with E-state index in [0.717, 1.165) is 33.4 Å². The number of rotatable bonds is 7. The molecule has 1 aliphatic carbocycles. The Kier molecular flexibility index (Phi) is 8.62. The van der Waals surface area contributed by atoms with Crippen LogP contribution in [-0.4, -0.2) is 29.4 Å². The Morgan fingerprint density at radius 2 is 1.53 bits per heavy atom. The molecule has 1 aliphatic heterocycles. The zero-order valence-electron chi connectivity index (χ0n) is 24.9. The van der Waals surface area contributed by atoms with Crippen LogP contribution in [0, 0.1) is 5.82 Å². The number of fused-ring (bicyclic) bond motifs is 3. The molecular formula is C38H27Cl2FN2O3S. The third-order valence-corrected chi connectivity index (χ3v) is 10.1. The van der Waals surface area contributed by atoms with Crippen LogP contribution in [0.5, 0.6) is 0 Å². The van der Waals surface area contributed by atoms with Crippen molar-refractivity contribution in [3.05, 3.63) is 165 Å². The number of benzene rings is 5. The molecule has 0 fully saturated rings. The predicted octanol–water partition coefficient (Wildman–Crippen LogP) is 9.44. The molecule has 0 saturated heterocycles. The maximum Gasteiger partial charge on any atom is 0.413 e. The molecule has 47 heavy (non-hydrogen) atoms. The van der Waals surface area contributed by atoms with Crippen molar-refractivity contribution in [3.63, 3.8) is 0 Å². The lowest BCUT2D eigenvalue weighted by Crippen LogP contribution is -2.30. The summed E-state index contributed by atoms with van der Waals surface area (Å²) in [7, 11) is 0. The Balaban J connectivity index is 1.13. The van der Waals surface area contributed by atoms with Crippen LogP contribution in [0.3, 0.4) is 0 Å². The van der Waals surface area contributed by atoms with Crippen LogP contribution < -0.4 is 5.32 Å². The molecule has 1 heterocycles. The second-order valence-electron chi connectivity index (χ2n) is 11.5. The van der Waals surface area contributed by atoms with Gasteiger partial charge in [-0.3, -0.25) is 10.1 Å². The summed E-state index contributed by atoms with van der Waals surface area (Å²) in [5.74, 6) is -0.240. The highest BCUT2D eigenvalue weighted by atomic mass is 35.5. The summed E-state index contributed by atoms with van der Waals surface area (Å²) >= 11 is 13.7. The summed E-state index contributed by atoms with van der Waals surface area (Å²) in [5, 5.41) is 3.92. The first-order valence-electron chi connectivity index (χ1n) is 15.0. The number of nitrogens with zero attached hydrogens (tertiary/aromatic N) is 1. The molecule has 0 aromatic heterocycles. The molecule has 5 nitrogen and oxygen atoms in total. The van der Waals surface area contributed by atoms with E-state index in [0.29, 0.717) is 27.1 Å². The number of hydrogen-bond donors (Lipinski definition) is 1. The molecule has 1 N–H and O–H groups in total. The fourth-order valence-electron chi connectivity index (χ4n) is 6.34. The number of halogens is 3. The van der Waals surface area contributed by atoms with Gasteiger partial charge in [-0.05, 0) is 69.3 Å². The number of amides is 1. The molecule has 234 valence electrons. The number of carbonyl (C=O) groups is 2. The van der Waals surface area contributed by atoms with Crippen LogP contribution >= 0.6 is 35.0 Å². The normalized spacial score (nSPS) is 16.7. The molecular weight excluding hydrogens is 654 g/mol. The second-order valence-corrected chi connectivity index (χ2v) is 13.3. The fraction of sp³-hybridized carbons (Fsp3) is 0.132. The van der Waals surface area contributed by atoms with Crippen molar-refractivity contribution >= 4 is 52.0 Å². The van der Waals surface area contributed by atoms with Gasteiger partial charge >= 0.3 is 6.09 Å². The van der Waals surface area contributed by atoms with Gasteiger partial charge in [0.15, 0.2) is 11.0 Å². The SMILES string of the molecule is O=C(NC1=NC(c2cccc(F)c2)(c2cccc(CC(=O)c3ccc(Cl)cc3Cl)c2)CS1)OCC1c2ccccc2-c2ccccc21. The van der Waals surface area contributed by atoms with E-state index in [4.69, 9.17) is 32.9 Å². The minimum atomic E-state index is -1.02. The number of hydrogen-bond acceptors (Lipinski definition) is 5. The monoisotopic (exact) mass is 680 g/mol. The van der Waals surface area contributed by atoms with Gasteiger partial charge in [-0.25, -0.2) is 14.2 Å². The smallest absolute Gasteiger partial charge is 0.413 e. The van der Waals surface area contributed by atoms with Gasteiger partial charge in [-0.15, -0.1) is 0 Å². The molecule has 1 amide bonds. The minimum absolute atomic E-state index is 0.0779. The van der Waals surface area contributed by atoms with Gasteiger partial charge in [0.25, 0.3) is 0 Å². The maximum absolute atomic E-state index is 14.6. The van der Waals surface area contributed by atoms with E-state index in [-0.39, 0.29) is 29.8 Å². The van der Waals surface area contributed by atoms with E-state index in [1.165, 1.54) is 23.9 Å². The van der Waals surface area contributed by atoms with Crippen molar-refractivity contribution in [2.75, 3.05) is 12.4 Å². The summed E-state index contributed by atoms with van der Waals surface area (Å²) in [6.07, 6.45) is -0.525. The van der Waals surface area contributed by atoms with Crippen molar-refractivity contribution in [1.82, 2.24) is 5.32 Å². The Hall–Kier alpha value is -4.43. The third kappa shape index (κ3) is 6.19. The predicted molar refractivity (Wildman–Crippen MR) is 186 cm³/mol. The van der Waals surface area contributed by atoms with E-state index in [1.807, 2.05) is 54.6 Å². The summed E-state index contributed by atoms with van der Waals surface area (Å²) < 4.78 is 20.3. The molecule has 9 heteroatoms. The zero-order valence-corrected chi connectivity index (χ0v) is 27.2. The third-order valence-electron chi connectivity index (χ3n) is 8.57. The van der Waals surface area contributed by atoms with E-state index in [2.05, 4.69) is 29.6 Å². The quantitative estimate of drug-likeness (QED) is 0.174. The Bertz CT molecular complexity index is 2020. The second kappa shape index (κ2) is 13.0. The molecule has 1 unspecified atom stereocenters. The van der Waals surface area contributed by atoms with Crippen molar-refractivity contribution in [3.8, 4) is 11.1 Å². The summed E-state index contributed by atoms with van der Waals surface area (Å²) in [4.78, 5) is 31.3. The molecule has 1 atom stereocenters. The van der Waals surface area contributed by atoms with E-state index < -0.39 is 17.4 Å². The van der Waals surface area contributed by atoms with Gasteiger partial charge in [-0.1, -0.05) is 120 Å². The van der Waals surface area contributed by atoms with Crippen molar-refractivity contribution < 1.29 is 18.7 Å². The van der Waals surface area contributed by atoms with Gasteiger partial charge in [0.05, 0.1) is 5.02 Å². The highest BCUT2D eigenvalue weighted by Gasteiger charge is 2.40. The van der Waals surface area contributed by atoms with Crippen molar-refractivity contribution in [2.24, 2.45) is 4.99 Å². The summed E-state index contributed by atoms with van der Waals surface area (Å²) in [6.45, 7) is 0.167. The van der Waals surface area contributed by atoms with Crippen LogP contribution in [0.2, 0.25) is 10.0 Å². The molecule has 0 bridgehead atoms. The lowest BCUT2D eigenvalue weighted by atomic mass is 9.84. The van der Waals surface area contributed by atoms with Gasteiger partial charge < -0.3 is 4.74 Å². The van der Waals surface area contributed by atoms with Gasteiger partial charge in [-0.2, -0.15) is 0 Å². The molecule has 5 aromatic rings. The van der Waals surface area contributed by atoms with Gasteiger partial charge in [0.1, 0.15) is 18.0 Å². The minimum Gasteiger partial charge on any atom is -0.448 e. The van der Waals surface area contributed by atoms with Crippen LogP contribution in [-0.2, 0) is 16.7 Å². The summed E-state index contributed by atoms with van der Waals surface area (Å²) in [6, 6.07) is 34.9. The maximum atomic E-state index is 14.6. The first-order chi connectivity index (χ1) is 22.8. The first-order valence-corrected chi connectivity index (χ1v) is 16.7. The summed E-state index contributed by atoms with van der Waals surface area (Å²) in [5.41, 5.74) is 6.02. The highest BCUT2D eigenvalue weighted by molar-refractivity contribution is 8.14. The lowest BCUT2D eigenvalue weighted by molar-refractivity contribution is 0.0993. The first kappa shape index (κ1) is 31.2. The standard InChI is InChI=1S/C38H27Cl2FN2O3S/c39-26-15-16-32(34(40)20-26)35(44)18-23-7-5-8-24(17-23)38(25-9-6-10-27(41)19-25)22-47-36(43-38)42-37(45)46-21-33-30-13-3-1-11-28(30)29-12-2-4-14-31(29)33/h1-17,19-20,33H,18,21-22H2,(H,42,43,45). The number of ketones is 1. The van der Waals surface area contributed by atoms with Gasteiger partial charge in [0, 0.05) is 28.7 Å². The molecule has 7 rings (SSSR count). The van der Waals surface area contributed by atoms with Crippen LogP contribution in [0.25, 0.3) is 11.1 Å². The molecule has 0 saturated carbocycles. The number of Topliss-reactive ketones (excluding diaryl/α,β-unsaturated/α-hetero) is 1. The van der Waals surface area contributed by atoms with Crippen LogP contribution in [0.1, 0.15) is 44.1 Å². The average Bonchev–Trinajstić information content (AvgIpc) is 3.64.